The third kappa shape index (κ3) is 4.15. The van der Waals surface area contributed by atoms with Gasteiger partial charge in [-0.15, -0.1) is 0 Å². The zero-order chi connectivity index (χ0) is 22.0. The predicted molar refractivity (Wildman–Crippen MR) is 123 cm³/mol. The molecule has 6 nitrogen and oxygen atoms in total. The first-order valence-electron chi connectivity index (χ1n) is 9.87. The summed E-state index contributed by atoms with van der Waals surface area (Å²) in [6.07, 6.45) is 0.903. The molecule has 1 N–H and O–H groups in total. The fourth-order valence-corrected chi connectivity index (χ4v) is 3.67. The van der Waals surface area contributed by atoms with Gasteiger partial charge in [-0.3, -0.25) is 14.2 Å². The molecular formula is C24H20ClN3O3. The molecule has 0 unspecified atom stereocenters. The van der Waals surface area contributed by atoms with Crippen molar-refractivity contribution in [2.24, 2.45) is 0 Å². The molecule has 0 aliphatic carbocycles. The van der Waals surface area contributed by atoms with Crippen LogP contribution in [0.1, 0.15) is 12.5 Å². The van der Waals surface area contributed by atoms with Gasteiger partial charge in [-0.25, -0.2) is 9.36 Å². The van der Waals surface area contributed by atoms with E-state index < -0.39 is 11.2 Å². The van der Waals surface area contributed by atoms with E-state index in [0.717, 1.165) is 16.6 Å². The van der Waals surface area contributed by atoms with Crippen molar-refractivity contribution in [3.8, 4) is 5.69 Å². The number of nitrogens with one attached hydrogen (secondary N) is 1. The zero-order valence-corrected chi connectivity index (χ0v) is 17.6. The zero-order valence-electron chi connectivity index (χ0n) is 16.8. The van der Waals surface area contributed by atoms with E-state index in [0.29, 0.717) is 27.3 Å². The first-order chi connectivity index (χ1) is 15.0. The fourth-order valence-electron chi connectivity index (χ4n) is 3.48. The van der Waals surface area contributed by atoms with E-state index in [1.165, 1.54) is 4.57 Å². The summed E-state index contributed by atoms with van der Waals surface area (Å²) >= 11 is 6.07. The number of nitrogens with zero attached hydrogens (tertiary/aromatic N) is 2. The van der Waals surface area contributed by atoms with Crippen molar-refractivity contribution < 1.29 is 4.79 Å². The maximum atomic E-state index is 13.3. The van der Waals surface area contributed by atoms with Crippen LogP contribution >= 0.6 is 11.6 Å². The van der Waals surface area contributed by atoms with Gasteiger partial charge in [0.05, 0.1) is 16.6 Å². The number of rotatable bonds is 5. The molecule has 4 rings (SSSR count). The highest BCUT2D eigenvalue weighted by molar-refractivity contribution is 6.30. The Hall–Kier alpha value is -3.64. The summed E-state index contributed by atoms with van der Waals surface area (Å²) in [5, 5.41) is 3.54. The average molecular weight is 434 g/mol. The van der Waals surface area contributed by atoms with Crippen LogP contribution in [-0.4, -0.2) is 15.0 Å². The molecule has 7 heteroatoms. The van der Waals surface area contributed by atoms with E-state index in [4.69, 9.17) is 11.6 Å². The van der Waals surface area contributed by atoms with E-state index >= 15 is 0 Å². The number of carbonyl (C=O) groups is 1. The largest absolute Gasteiger partial charge is 0.336 e. The number of hydrogen-bond donors (Lipinski definition) is 1. The molecule has 3 aromatic carbocycles. The Morgan fingerprint density at radius 3 is 2.42 bits per heavy atom. The minimum Gasteiger partial charge on any atom is -0.325 e. The quantitative estimate of drug-likeness (QED) is 0.517. The fraction of sp³-hybridized carbons (Fsp3) is 0.125. The van der Waals surface area contributed by atoms with E-state index in [1.807, 2.05) is 24.3 Å². The van der Waals surface area contributed by atoms with Crippen LogP contribution in [0, 0.1) is 0 Å². The highest BCUT2D eigenvalue weighted by Crippen LogP contribution is 2.15. The first-order valence-corrected chi connectivity index (χ1v) is 10.2. The lowest BCUT2D eigenvalue weighted by atomic mass is 10.1. The smallest absolute Gasteiger partial charge is 0.325 e. The Morgan fingerprint density at radius 1 is 0.968 bits per heavy atom. The number of aromatic nitrogens is 2. The average Bonchev–Trinajstić information content (AvgIpc) is 2.77. The molecule has 1 heterocycles. The summed E-state index contributed by atoms with van der Waals surface area (Å²) in [7, 11) is 0. The number of aryl methyl sites for hydroxylation is 1. The van der Waals surface area contributed by atoms with Crippen molar-refractivity contribution in [1.82, 2.24) is 9.13 Å². The molecule has 1 amide bonds. The maximum absolute atomic E-state index is 13.3. The van der Waals surface area contributed by atoms with Crippen LogP contribution in [0.5, 0.6) is 0 Å². The van der Waals surface area contributed by atoms with Crippen molar-refractivity contribution in [2.45, 2.75) is 19.9 Å². The second kappa shape index (κ2) is 8.62. The molecule has 156 valence electrons. The maximum Gasteiger partial charge on any atom is 0.336 e. The van der Waals surface area contributed by atoms with Crippen LogP contribution in [0.2, 0.25) is 5.02 Å². The standard InChI is InChI=1S/C24H20ClN3O3/c1-2-16-10-12-18(13-11-16)26-22(29)15-27-21-9-4-3-8-20(21)23(30)28(24(27)31)19-7-5-6-17(25)14-19/h3-14H,2,15H2,1H3,(H,26,29). The van der Waals surface area contributed by atoms with E-state index in [9.17, 15) is 14.4 Å². The van der Waals surface area contributed by atoms with Gasteiger partial charge in [0, 0.05) is 10.7 Å². The molecular weight excluding hydrogens is 414 g/mol. The number of para-hydroxylation sites is 1. The highest BCUT2D eigenvalue weighted by Gasteiger charge is 2.16. The van der Waals surface area contributed by atoms with Gasteiger partial charge in [0.15, 0.2) is 0 Å². The summed E-state index contributed by atoms with van der Waals surface area (Å²) in [5.41, 5.74) is 1.47. The number of carbonyl (C=O) groups excluding carboxylic acids is 1. The van der Waals surface area contributed by atoms with E-state index in [1.54, 1.807) is 48.5 Å². The molecule has 0 saturated carbocycles. The molecule has 0 radical (unpaired) electrons. The molecule has 0 bridgehead atoms. The van der Waals surface area contributed by atoms with E-state index in [2.05, 4.69) is 12.2 Å². The Labute approximate surface area is 183 Å². The SMILES string of the molecule is CCc1ccc(NC(=O)Cn2c(=O)n(-c3cccc(Cl)c3)c(=O)c3ccccc32)cc1. The number of anilines is 1. The summed E-state index contributed by atoms with van der Waals surface area (Å²) < 4.78 is 2.34. The Morgan fingerprint density at radius 2 is 1.71 bits per heavy atom. The van der Waals surface area contributed by atoms with Crippen LogP contribution in [0.4, 0.5) is 5.69 Å². The molecule has 0 spiro atoms. The van der Waals surface area contributed by atoms with Gasteiger partial charge in [0.1, 0.15) is 6.54 Å². The third-order valence-electron chi connectivity index (χ3n) is 5.06. The van der Waals surface area contributed by atoms with Gasteiger partial charge in [-0.2, -0.15) is 0 Å². The van der Waals surface area contributed by atoms with Crippen LogP contribution in [0.15, 0.2) is 82.4 Å². The lowest BCUT2D eigenvalue weighted by Crippen LogP contribution is -2.40. The monoisotopic (exact) mass is 433 g/mol. The molecule has 1 aromatic heterocycles. The predicted octanol–water partition coefficient (Wildman–Crippen LogP) is 4.01. The van der Waals surface area contributed by atoms with Gasteiger partial charge in [-0.1, -0.05) is 48.9 Å². The van der Waals surface area contributed by atoms with Gasteiger partial charge in [0.25, 0.3) is 5.56 Å². The Kier molecular flexibility index (Phi) is 5.73. The Bertz CT molecular complexity index is 1390. The molecule has 0 fully saturated rings. The normalized spacial score (nSPS) is 10.9. The minimum absolute atomic E-state index is 0.240. The second-order valence-corrected chi connectivity index (χ2v) is 7.54. The summed E-state index contributed by atoms with van der Waals surface area (Å²) in [5.74, 6) is -0.368. The number of halogens is 1. The lowest BCUT2D eigenvalue weighted by Gasteiger charge is -2.14. The summed E-state index contributed by atoms with van der Waals surface area (Å²) in [4.78, 5) is 39.1. The number of benzene rings is 3. The first kappa shape index (κ1) is 20.6. The van der Waals surface area contributed by atoms with Crippen molar-refractivity contribution in [2.75, 3.05) is 5.32 Å². The molecule has 0 saturated heterocycles. The minimum atomic E-state index is -0.609. The van der Waals surface area contributed by atoms with Crippen LogP contribution < -0.4 is 16.6 Å². The van der Waals surface area contributed by atoms with Crippen molar-refractivity contribution in [3.05, 3.63) is 104 Å². The molecule has 0 atom stereocenters. The second-order valence-electron chi connectivity index (χ2n) is 7.10. The number of amides is 1. The number of fused-ring (bicyclic) bond motifs is 1. The molecule has 0 aliphatic rings. The topological polar surface area (TPSA) is 73.1 Å². The highest BCUT2D eigenvalue weighted by atomic mass is 35.5. The van der Waals surface area contributed by atoms with Crippen LogP contribution in [0.25, 0.3) is 16.6 Å². The van der Waals surface area contributed by atoms with Gasteiger partial charge >= 0.3 is 5.69 Å². The molecule has 4 aromatic rings. The van der Waals surface area contributed by atoms with Gasteiger partial charge in [-0.05, 0) is 54.4 Å². The van der Waals surface area contributed by atoms with Crippen molar-refractivity contribution in [1.29, 1.82) is 0 Å². The summed E-state index contributed by atoms with van der Waals surface area (Å²) in [6.45, 7) is 1.82. The molecule has 0 aliphatic heterocycles. The van der Waals surface area contributed by atoms with Gasteiger partial charge in [0.2, 0.25) is 5.91 Å². The van der Waals surface area contributed by atoms with Crippen LogP contribution in [-0.2, 0) is 17.8 Å². The third-order valence-corrected chi connectivity index (χ3v) is 5.30. The number of hydrogen-bond acceptors (Lipinski definition) is 3. The Balaban J connectivity index is 1.78. The van der Waals surface area contributed by atoms with E-state index in [-0.39, 0.29) is 12.5 Å². The summed E-state index contributed by atoms with van der Waals surface area (Å²) in [6, 6.07) is 20.8. The lowest BCUT2D eigenvalue weighted by molar-refractivity contribution is -0.116. The molecule has 31 heavy (non-hydrogen) atoms. The van der Waals surface area contributed by atoms with Crippen molar-refractivity contribution >= 4 is 34.1 Å². The van der Waals surface area contributed by atoms with Gasteiger partial charge < -0.3 is 5.32 Å². The van der Waals surface area contributed by atoms with Crippen molar-refractivity contribution in [3.63, 3.8) is 0 Å². The van der Waals surface area contributed by atoms with Crippen LogP contribution in [0.3, 0.4) is 0 Å².